The summed E-state index contributed by atoms with van der Waals surface area (Å²) in [5, 5.41) is 0. The second-order valence-electron chi connectivity index (χ2n) is 6.86. The van der Waals surface area contributed by atoms with Crippen LogP contribution in [0.5, 0.6) is 11.5 Å². The summed E-state index contributed by atoms with van der Waals surface area (Å²) in [6, 6.07) is 12.2. The van der Waals surface area contributed by atoms with E-state index < -0.39 is 5.91 Å². The molecule has 2 aliphatic rings. The van der Waals surface area contributed by atoms with Gasteiger partial charge in [0.15, 0.2) is 11.5 Å². The van der Waals surface area contributed by atoms with Crippen molar-refractivity contribution in [3.05, 3.63) is 64.9 Å². The number of nitrogens with two attached hydrogens (primary N) is 1. The number of ketones is 1. The third kappa shape index (κ3) is 4.31. The average molecular weight is 394 g/mol. The smallest absolute Gasteiger partial charge is 0.252 e. The predicted octanol–water partition coefficient (Wildman–Crippen LogP) is 2.11. The van der Waals surface area contributed by atoms with E-state index in [1.54, 1.807) is 24.3 Å². The SMILES string of the molecule is NC(=O)c1cccc2c1O/C(=C\c1cccc(OCCN3CCOCC3)c1)C2=O. The van der Waals surface area contributed by atoms with Gasteiger partial charge in [0.25, 0.3) is 5.91 Å². The van der Waals surface area contributed by atoms with Gasteiger partial charge in [0, 0.05) is 19.6 Å². The monoisotopic (exact) mass is 394 g/mol. The summed E-state index contributed by atoms with van der Waals surface area (Å²) in [4.78, 5) is 26.5. The van der Waals surface area contributed by atoms with Gasteiger partial charge < -0.3 is 19.9 Å². The van der Waals surface area contributed by atoms with E-state index in [-0.39, 0.29) is 22.9 Å². The fraction of sp³-hybridized carbons (Fsp3) is 0.273. The lowest BCUT2D eigenvalue weighted by Crippen LogP contribution is -2.38. The summed E-state index contributed by atoms with van der Waals surface area (Å²) in [6.07, 6.45) is 1.64. The average Bonchev–Trinajstić information content (AvgIpc) is 3.04. The van der Waals surface area contributed by atoms with Gasteiger partial charge in [-0.15, -0.1) is 0 Å². The van der Waals surface area contributed by atoms with Crippen molar-refractivity contribution >= 4 is 17.8 Å². The Labute approximate surface area is 168 Å². The molecule has 0 atom stereocenters. The van der Waals surface area contributed by atoms with Crippen LogP contribution in [0.1, 0.15) is 26.3 Å². The lowest BCUT2D eigenvalue weighted by Gasteiger charge is -2.26. The molecule has 2 aliphatic heterocycles. The number of morpholine rings is 1. The summed E-state index contributed by atoms with van der Waals surface area (Å²) in [7, 11) is 0. The molecule has 0 aliphatic carbocycles. The largest absolute Gasteiger partial charge is 0.492 e. The zero-order chi connectivity index (χ0) is 20.2. The Balaban J connectivity index is 1.45. The highest BCUT2D eigenvalue weighted by Crippen LogP contribution is 2.35. The van der Waals surface area contributed by atoms with Gasteiger partial charge in [0.1, 0.15) is 12.4 Å². The first-order valence-corrected chi connectivity index (χ1v) is 9.52. The molecule has 0 radical (unpaired) electrons. The van der Waals surface area contributed by atoms with Crippen LogP contribution in [-0.4, -0.2) is 56.0 Å². The predicted molar refractivity (Wildman–Crippen MR) is 107 cm³/mol. The molecule has 1 amide bonds. The number of allylic oxidation sites excluding steroid dienone is 1. The molecule has 2 aromatic rings. The molecule has 7 nitrogen and oxygen atoms in total. The fourth-order valence-corrected chi connectivity index (χ4v) is 3.37. The molecule has 29 heavy (non-hydrogen) atoms. The molecule has 4 rings (SSSR count). The second-order valence-corrected chi connectivity index (χ2v) is 6.86. The molecule has 2 heterocycles. The molecule has 0 spiro atoms. The number of fused-ring (bicyclic) bond motifs is 1. The van der Waals surface area contributed by atoms with Gasteiger partial charge in [-0.1, -0.05) is 18.2 Å². The maximum absolute atomic E-state index is 12.6. The van der Waals surface area contributed by atoms with Crippen LogP contribution in [0, 0.1) is 0 Å². The number of rotatable bonds is 6. The van der Waals surface area contributed by atoms with Gasteiger partial charge in [0.2, 0.25) is 5.78 Å². The molecule has 150 valence electrons. The van der Waals surface area contributed by atoms with Gasteiger partial charge in [0.05, 0.1) is 24.3 Å². The van der Waals surface area contributed by atoms with Gasteiger partial charge in [-0.3, -0.25) is 14.5 Å². The van der Waals surface area contributed by atoms with Crippen LogP contribution in [0.3, 0.4) is 0 Å². The topological polar surface area (TPSA) is 91.1 Å². The van der Waals surface area contributed by atoms with Crippen LogP contribution in [0.2, 0.25) is 0 Å². The van der Waals surface area contributed by atoms with Crippen LogP contribution >= 0.6 is 0 Å². The summed E-state index contributed by atoms with van der Waals surface area (Å²) in [5.41, 5.74) is 6.68. The Morgan fingerprint density at radius 2 is 1.97 bits per heavy atom. The normalized spacial score (nSPS) is 17.8. The highest BCUT2D eigenvalue weighted by atomic mass is 16.5. The number of carbonyl (C=O) groups excluding carboxylic acids is 2. The Morgan fingerprint density at radius 1 is 1.17 bits per heavy atom. The van der Waals surface area contributed by atoms with E-state index in [0.29, 0.717) is 17.9 Å². The van der Waals surface area contributed by atoms with Crippen LogP contribution in [0.4, 0.5) is 0 Å². The number of ether oxygens (including phenoxy) is 3. The fourth-order valence-electron chi connectivity index (χ4n) is 3.37. The number of hydrogen-bond acceptors (Lipinski definition) is 6. The molecule has 1 saturated heterocycles. The number of primary amides is 1. The summed E-state index contributed by atoms with van der Waals surface area (Å²) in [6.45, 7) is 4.77. The number of para-hydroxylation sites is 1. The number of benzene rings is 2. The van der Waals surface area contributed by atoms with Crippen molar-refractivity contribution in [2.75, 3.05) is 39.5 Å². The molecule has 0 unspecified atom stereocenters. The minimum Gasteiger partial charge on any atom is -0.492 e. The molecular formula is C22H22N2O5. The first kappa shape index (κ1) is 19.2. The standard InChI is InChI=1S/C22H22N2O5/c23-22(26)18-6-2-5-17-20(25)19(29-21(17)18)14-15-3-1-4-16(13-15)28-12-9-24-7-10-27-11-8-24/h1-6,13-14H,7-12H2,(H2,23,26)/b19-14-. The van der Waals surface area contributed by atoms with Crippen LogP contribution in [0.15, 0.2) is 48.2 Å². The first-order chi connectivity index (χ1) is 14.1. The molecular weight excluding hydrogens is 372 g/mol. The van der Waals surface area contributed by atoms with E-state index >= 15 is 0 Å². The minimum atomic E-state index is -0.633. The Hall–Kier alpha value is -3.16. The lowest BCUT2D eigenvalue weighted by molar-refractivity contribution is 0.0322. The molecule has 0 bridgehead atoms. The first-order valence-electron chi connectivity index (χ1n) is 9.52. The third-order valence-electron chi connectivity index (χ3n) is 4.90. The van der Waals surface area contributed by atoms with E-state index in [1.165, 1.54) is 0 Å². The van der Waals surface area contributed by atoms with Crippen molar-refractivity contribution in [2.24, 2.45) is 5.73 Å². The molecule has 2 N–H and O–H groups in total. The maximum atomic E-state index is 12.6. The lowest BCUT2D eigenvalue weighted by atomic mass is 10.1. The number of carbonyl (C=O) groups is 2. The van der Waals surface area contributed by atoms with Crippen molar-refractivity contribution in [2.45, 2.75) is 0 Å². The molecule has 0 aromatic heterocycles. The maximum Gasteiger partial charge on any atom is 0.252 e. The minimum absolute atomic E-state index is 0.152. The van der Waals surface area contributed by atoms with Crippen molar-refractivity contribution in [1.29, 1.82) is 0 Å². The van der Waals surface area contributed by atoms with Crippen molar-refractivity contribution < 1.29 is 23.8 Å². The zero-order valence-corrected chi connectivity index (χ0v) is 15.9. The van der Waals surface area contributed by atoms with E-state index in [9.17, 15) is 9.59 Å². The quantitative estimate of drug-likeness (QED) is 0.755. The van der Waals surface area contributed by atoms with Crippen LogP contribution < -0.4 is 15.2 Å². The molecule has 1 fully saturated rings. The van der Waals surface area contributed by atoms with Crippen molar-refractivity contribution in [1.82, 2.24) is 4.90 Å². The zero-order valence-electron chi connectivity index (χ0n) is 15.9. The Kier molecular flexibility index (Phi) is 5.59. The molecule has 0 saturated carbocycles. The van der Waals surface area contributed by atoms with E-state index in [2.05, 4.69) is 4.90 Å². The number of amides is 1. The summed E-state index contributed by atoms with van der Waals surface area (Å²) < 4.78 is 16.9. The highest BCUT2D eigenvalue weighted by molar-refractivity contribution is 6.16. The highest BCUT2D eigenvalue weighted by Gasteiger charge is 2.30. The second kappa shape index (κ2) is 8.46. The van der Waals surface area contributed by atoms with E-state index in [1.807, 2.05) is 24.3 Å². The summed E-state index contributed by atoms with van der Waals surface area (Å²) in [5.74, 6) is 0.176. The molecule has 2 aromatic carbocycles. The number of hydrogen-bond donors (Lipinski definition) is 1. The van der Waals surface area contributed by atoms with Crippen molar-refractivity contribution in [3.8, 4) is 11.5 Å². The van der Waals surface area contributed by atoms with Gasteiger partial charge in [-0.25, -0.2) is 0 Å². The Bertz CT molecular complexity index is 963. The molecule has 7 heteroatoms. The van der Waals surface area contributed by atoms with Crippen LogP contribution in [-0.2, 0) is 4.74 Å². The number of nitrogens with zero attached hydrogens (tertiary/aromatic N) is 1. The number of Topliss-reactive ketones (excluding diaryl/α,β-unsaturated/α-hetero) is 1. The Morgan fingerprint density at radius 3 is 2.76 bits per heavy atom. The third-order valence-corrected chi connectivity index (χ3v) is 4.90. The van der Waals surface area contributed by atoms with E-state index in [0.717, 1.165) is 38.4 Å². The van der Waals surface area contributed by atoms with Crippen molar-refractivity contribution in [3.63, 3.8) is 0 Å². The van der Waals surface area contributed by atoms with Gasteiger partial charge in [-0.2, -0.15) is 0 Å². The summed E-state index contributed by atoms with van der Waals surface area (Å²) >= 11 is 0. The van der Waals surface area contributed by atoms with Gasteiger partial charge >= 0.3 is 0 Å². The van der Waals surface area contributed by atoms with E-state index in [4.69, 9.17) is 19.9 Å². The van der Waals surface area contributed by atoms with Gasteiger partial charge in [-0.05, 0) is 35.9 Å². The van der Waals surface area contributed by atoms with Crippen LogP contribution in [0.25, 0.3) is 6.08 Å².